The number of aliphatic carboxylic acids is 1. The van der Waals surface area contributed by atoms with Gasteiger partial charge in [0.05, 0.1) is 0 Å². The van der Waals surface area contributed by atoms with Crippen LogP contribution in [-0.2, 0) is 14.3 Å². The topological polar surface area (TPSA) is 75.6 Å². The SMILES string of the molecule is CCC(=O)NC1CC(OC)(C(=O)O)C1. The lowest BCUT2D eigenvalue weighted by Gasteiger charge is -2.43. The third kappa shape index (κ3) is 1.87. The molecule has 0 atom stereocenters. The highest BCUT2D eigenvalue weighted by Crippen LogP contribution is 2.35. The van der Waals surface area contributed by atoms with Crippen LogP contribution in [0.5, 0.6) is 0 Å². The van der Waals surface area contributed by atoms with Gasteiger partial charge in [0.15, 0.2) is 5.60 Å². The van der Waals surface area contributed by atoms with Crippen molar-refractivity contribution in [2.45, 2.75) is 37.8 Å². The minimum Gasteiger partial charge on any atom is -0.479 e. The molecule has 1 amide bonds. The van der Waals surface area contributed by atoms with Crippen LogP contribution in [0.25, 0.3) is 0 Å². The fourth-order valence-electron chi connectivity index (χ4n) is 1.60. The number of rotatable bonds is 4. The summed E-state index contributed by atoms with van der Waals surface area (Å²) in [4.78, 5) is 21.8. The van der Waals surface area contributed by atoms with Gasteiger partial charge in [-0.1, -0.05) is 6.92 Å². The van der Waals surface area contributed by atoms with E-state index in [1.807, 2.05) is 0 Å². The zero-order valence-electron chi connectivity index (χ0n) is 8.37. The third-order valence-corrected chi connectivity index (χ3v) is 2.62. The molecule has 14 heavy (non-hydrogen) atoms. The maximum Gasteiger partial charge on any atom is 0.336 e. The van der Waals surface area contributed by atoms with Crippen molar-refractivity contribution in [3.05, 3.63) is 0 Å². The molecule has 1 saturated carbocycles. The highest BCUT2D eigenvalue weighted by Gasteiger charge is 2.51. The van der Waals surface area contributed by atoms with Crippen molar-refractivity contribution in [2.75, 3.05) is 7.11 Å². The maximum atomic E-state index is 11.0. The fourth-order valence-corrected chi connectivity index (χ4v) is 1.60. The third-order valence-electron chi connectivity index (χ3n) is 2.62. The summed E-state index contributed by atoms with van der Waals surface area (Å²) in [5, 5.41) is 11.6. The first-order valence-electron chi connectivity index (χ1n) is 4.62. The van der Waals surface area contributed by atoms with Crippen LogP contribution < -0.4 is 5.32 Å². The standard InChI is InChI=1S/C9H15NO4/c1-3-7(11)10-6-4-9(5-6,14-2)8(12)13/h6H,3-5H2,1-2H3,(H,10,11)(H,12,13). The van der Waals surface area contributed by atoms with Gasteiger partial charge in [0.25, 0.3) is 0 Å². The molecule has 5 nitrogen and oxygen atoms in total. The van der Waals surface area contributed by atoms with Gasteiger partial charge in [-0.05, 0) is 0 Å². The maximum absolute atomic E-state index is 11.0. The molecule has 0 aromatic heterocycles. The van der Waals surface area contributed by atoms with Crippen molar-refractivity contribution in [2.24, 2.45) is 0 Å². The number of amides is 1. The number of carboxylic acids is 1. The summed E-state index contributed by atoms with van der Waals surface area (Å²) in [7, 11) is 1.38. The predicted octanol–water partition coefficient (Wildman–Crippen LogP) is 0.145. The van der Waals surface area contributed by atoms with Gasteiger partial charge in [0, 0.05) is 32.4 Å². The molecule has 0 saturated heterocycles. The van der Waals surface area contributed by atoms with Gasteiger partial charge in [0.2, 0.25) is 5.91 Å². The largest absolute Gasteiger partial charge is 0.479 e. The molecule has 0 aromatic carbocycles. The molecule has 0 aliphatic heterocycles. The molecular formula is C9H15NO4. The van der Waals surface area contributed by atoms with Gasteiger partial charge in [0.1, 0.15) is 0 Å². The van der Waals surface area contributed by atoms with E-state index >= 15 is 0 Å². The van der Waals surface area contributed by atoms with Crippen LogP contribution in [0.3, 0.4) is 0 Å². The van der Waals surface area contributed by atoms with Crippen LogP contribution >= 0.6 is 0 Å². The summed E-state index contributed by atoms with van der Waals surface area (Å²) >= 11 is 0. The highest BCUT2D eigenvalue weighted by molar-refractivity contribution is 5.81. The average molecular weight is 201 g/mol. The van der Waals surface area contributed by atoms with Gasteiger partial charge >= 0.3 is 5.97 Å². The van der Waals surface area contributed by atoms with E-state index in [1.54, 1.807) is 6.92 Å². The monoisotopic (exact) mass is 201 g/mol. The Labute approximate surface area is 82.4 Å². The zero-order chi connectivity index (χ0) is 10.8. The molecule has 80 valence electrons. The summed E-state index contributed by atoms with van der Waals surface area (Å²) in [6, 6.07) is -0.0569. The zero-order valence-corrected chi connectivity index (χ0v) is 8.37. The molecule has 2 N–H and O–H groups in total. The Bertz CT molecular complexity index is 245. The van der Waals surface area contributed by atoms with E-state index in [0.29, 0.717) is 19.3 Å². The number of ether oxygens (including phenoxy) is 1. The number of hydrogen-bond donors (Lipinski definition) is 2. The number of carbonyl (C=O) groups excluding carboxylic acids is 1. The van der Waals surface area contributed by atoms with Gasteiger partial charge in [-0.25, -0.2) is 4.79 Å². The Hall–Kier alpha value is -1.10. The lowest BCUT2D eigenvalue weighted by molar-refractivity contribution is -0.177. The predicted molar refractivity (Wildman–Crippen MR) is 48.8 cm³/mol. The summed E-state index contributed by atoms with van der Waals surface area (Å²) < 4.78 is 4.93. The Morgan fingerprint density at radius 1 is 1.57 bits per heavy atom. The number of carboxylic acid groups (broad SMARTS) is 1. The quantitative estimate of drug-likeness (QED) is 0.678. The Morgan fingerprint density at radius 3 is 2.50 bits per heavy atom. The normalized spacial score (nSPS) is 30.6. The van der Waals surface area contributed by atoms with Crippen LogP contribution in [0.2, 0.25) is 0 Å². The van der Waals surface area contributed by atoms with E-state index in [9.17, 15) is 9.59 Å². The van der Waals surface area contributed by atoms with Crippen LogP contribution in [0, 0.1) is 0 Å². The second kappa shape index (κ2) is 3.96. The number of hydrogen-bond acceptors (Lipinski definition) is 3. The second-order valence-electron chi connectivity index (χ2n) is 3.53. The van der Waals surface area contributed by atoms with Gasteiger partial charge in [-0.2, -0.15) is 0 Å². The number of nitrogens with one attached hydrogen (secondary N) is 1. The van der Waals surface area contributed by atoms with Crippen LogP contribution in [0.15, 0.2) is 0 Å². The summed E-state index contributed by atoms with van der Waals surface area (Å²) in [5.41, 5.74) is -1.08. The average Bonchev–Trinajstić information content (AvgIpc) is 2.09. The number of methoxy groups -OCH3 is 1. The molecule has 0 heterocycles. The van der Waals surface area contributed by atoms with E-state index < -0.39 is 11.6 Å². The molecule has 1 aliphatic carbocycles. The summed E-state index contributed by atoms with van der Waals surface area (Å²) in [6.45, 7) is 1.76. The van der Waals surface area contributed by atoms with Crippen molar-refractivity contribution in [1.82, 2.24) is 5.32 Å². The van der Waals surface area contributed by atoms with Crippen molar-refractivity contribution in [3.63, 3.8) is 0 Å². The molecule has 1 aliphatic rings. The smallest absolute Gasteiger partial charge is 0.336 e. The second-order valence-corrected chi connectivity index (χ2v) is 3.53. The summed E-state index contributed by atoms with van der Waals surface area (Å²) in [6.07, 6.45) is 1.12. The van der Waals surface area contributed by atoms with Crippen LogP contribution in [0.4, 0.5) is 0 Å². The van der Waals surface area contributed by atoms with Crippen molar-refractivity contribution >= 4 is 11.9 Å². The van der Waals surface area contributed by atoms with Crippen molar-refractivity contribution < 1.29 is 19.4 Å². The minimum absolute atomic E-state index is 0.0508. The van der Waals surface area contributed by atoms with E-state index in [4.69, 9.17) is 9.84 Å². The van der Waals surface area contributed by atoms with Crippen molar-refractivity contribution in [3.8, 4) is 0 Å². The molecule has 0 spiro atoms. The van der Waals surface area contributed by atoms with Crippen molar-refractivity contribution in [1.29, 1.82) is 0 Å². The first kappa shape index (κ1) is 11.0. The fraction of sp³-hybridized carbons (Fsp3) is 0.778. The van der Waals surface area contributed by atoms with E-state index in [1.165, 1.54) is 7.11 Å². The first-order valence-corrected chi connectivity index (χ1v) is 4.62. The Morgan fingerprint density at radius 2 is 2.14 bits per heavy atom. The molecule has 0 unspecified atom stereocenters. The molecule has 1 rings (SSSR count). The molecule has 0 radical (unpaired) electrons. The van der Waals surface area contributed by atoms with E-state index in [-0.39, 0.29) is 11.9 Å². The lowest BCUT2D eigenvalue weighted by Crippen LogP contribution is -2.60. The molecule has 1 fully saturated rings. The van der Waals surface area contributed by atoms with E-state index in [2.05, 4.69) is 5.32 Å². The lowest BCUT2D eigenvalue weighted by atomic mass is 9.75. The van der Waals surface area contributed by atoms with Crippen LogP contribution in [-0.4, -0.2) is 35.7 Å². The number of carbonyl (C=O) groups is 2. The molecule has 0 bridgehead atoms. The molecule has 5 heteroatoms. The van der Waals surface area contributed by atoms with Crippen LogP contribution in [0.1, 0.15) is 26.2 Å². The summed E-state index contributed by atoms with van der Waals surface area (Å²) in [5.74, 6) is -1.01. The molecular weight excluding hydrogens is 186 g/mol. The Balaban J connectivity index is 2.41. The van der Waals surface area contributed by atoms with E-state index in [0.717, 1.165) is 0 Å². The Kier molecular flexibility index (Phi) is 3.10. The highest BCUT2D eigenvalue weighted by atomic mass is 16.5. The molecule has 0 aromatic rings. The van der Waals surface area contributed by atoms with Gasteiger partial charge in [-0.15, -0.1) is 0 Å². The first-order chi connectivity index (χ1) is 6.54. The van der Waals surface area contributed by atoms with Gasteiger partial charge in [-0.3, -0.25) is 4.79 Å². The van der Waals surface area contributed by atoms with Gasteiger partial charge < -0.3 is 15.2 Å². The minimum atomic E-state index is -1.08.